The van der Waals surface area contributed by atoms with Crippen LogP contribution in [0.5, 0.6) is 0 Å². The first-order valence-corrected chi connectivity index (χ1v) is 6.91. The summed E-state index contributed by atoms with van der Waals surface area (Å²) in [7, 11) is 0. The van der Waals surface area contributed by atoms with Crippen LogP contribution in [0.4, 0.5) is 0 Å². The summed E-state index contributed by atoms with van der Waals surface area (Å²) in [5.41, 5.74) is 3.99. The molecule has 0 saturated carbocycles. The number of hydrogen-bond acceptors (Lipinski definition) is 1. The zero-order valence-corrected chi connectivity index (χ0v) is 11.5. The van der Waals surface area contributed by atoms with Gasteiger partial charge >= 0.3 is 0 Å². The van der Waals surface area contributed by atoms with Gasteiger partial charge in [0.1, 0.15) is 0 Å². The lowest BCUT2D eigenvalue weighted by Gasteiger charge is -2.11. The Bertz CT molecular complexity index is 579. The Morgan fingerprint density at radius 1 is 0.947 bits per heavy atom. The lowest BCUT2D eigenvalue weighted by atomic mass is 10.1. The smallest absolute Gasteiger partial charge is 0.0478 e. The standard InChI is InChI=1S/C17H16ClN/c18-17-10-4-3-6-14(17)9-5-11-19-12-15-7-1-2-8-16(15)13-19/h1-10H,11-13H2/b9-5+. The predicted molar refractivity (Wildman–Crippen MR) is 81.0 cm³/mol. The SMILES string of the molecule is Clc1ccccc1/C=C/CN1Cc2ccccc2C1. The Balaban J connectivity index is 1.62. The number of rotatable bonds is 3. The Morgan fingerprint density at radius 2 is 1.58 bits per heavy atom. The quantitative estimate of drug-likeness (QED) is 0.800. The second-order valence-corrected chi connectivity index (χ2v) is 5.27. The van der Waals surface area contributed by atoms with Crippen molar-refractivity contribution in [1.29, 1.82) is 0 Å². The van der Waals surface area contributed by atoms with Crippen LogP contribution in [0.25, 0.3) is 6.08 Å². The van der Waals surface area contributed by atoms with Crippen LogP contribution in [-0.2, 0) is 13.1 Å². The van der Waals surface area contributed by atoms with Crippen LogP contribution in [0, 0.1) is 0 Å². The highest BCUT2D eigenvalue weighted by atomic mass is 35.5. The molecule has 1 heterocycles. The van der Waals surface area contributed by atoms with E-state index in [4.69, 9.17) is 11.6 Å². The first-order valence-electron chi connectivity index (χ1n) is 6.53. The van der Waals surface area contributed by atoms with Crippen molar-refractivity contribution in [3.63, 3.8) is 0 Å². The minimum atomic E-state index is 0.809. The van der Waals surface area contributed by atoms with E-state index in [9.17, 15) is 0 Å². The van der Waals surface area contributed by atoms with Crippen LogP contribution >= 0.6 is 11.6 Å². The molecular formula is C17H16ClN. The number of hydrogen-bond donors (Lipinski definition) is 0. The monoisotopic (exact) mass is 269 g/mol. The van der Waals surface area contributed by atoms with Gasteiger partial charge < -0.3 is 0 Å². The summed E-state index contributed by atoms with van der Waals surface area (Å²) < 4.78 is 0. The van der Waals surface area contributed by atoms with Crippen molar-refractivity contribution < 1.29 is 0 Å². The summed E-state index contributed by atoms with van der Waals surface area (Å²) in [6.07, 6.45) is 4.29. The molecule has 0 aromatic heterocycles. The maximum atomic E-state index is 6.13. The Labute approximate surface area is 119 Å². The van der Waals surface area contributed by atoms with Gasteiger partial charge in [0.2, 0.25) is 0 Å². The fraction of sp³-hybridized carbons (Fsp3) is 0.176. The first kappa shape index (κ1) is 12.5. The first-order chi connectivity index (χ1) is 9.33. The summed E-state index contributed by atoms with van der Waals surface area (Å²) in [5, 5.41) is 0.809. The number of fused-ring (bicyclic) bond motifs is 1. The van der Waals surface area contributed by atoms with Gasteiger partial charge in [-0.2, -0.15) is 0 Å². The number of nitrogens with zero attached hydrogens (tertiary/aromatic N) is 1. The molecule has 2 heteroatoms. The molecule has 0 bridgehead atoms. The fourth-order valence-corrected chi connectivity index (χ4v) is 2.67. The van der Waals surface area contributed by atoms with E-state index in [2.05, 4.69) is 41.3 Å². The van der Waals surface area contributed by atoms with Crippen molar-refractivity contribution in [2.24, 2.45) is 0 Å². The van der Waals surface area contributed by atoms with Gasteiger partial charge in [-0.1, -0.05) is 66.2 Å². The molecule has 19 heavy (non-hydrogen) atoms. The number of halogens is 1. The van der Waals surface area contributed by atoms with Gasteiger partial charge in [-0.05, 0) is 22.8 Å². The van der Waals surface area contributed by atoms with E-state index in [0.717, 1.165) is 30.2 Å². The summed E-state index contributed by atoms with van der Waals surface area (Å²) in [5.74, 6) is 0. The van der Waals surface area contributed by atoms with Crippen LogP contribution in [0.1, 0.15) is 16.7 Å². The van der Waals surface area contributed by atoms with Gasteiger partial charge in [0.05, 0.1) is 0 Å². The van der Waals surface area contributed by atoms with E-state index in [-0.39, 0.29) is 0 Å². The molecule has 3 rings (SSSR count). The molecular weight excluding hydrogens is 254 g/mol. The summed E-state index contributed by atoms with van der Waals surface area (Å²) >= 11 is 6.13. The molecule has 0 fully saturated rings. The molecule has 0 unspecified atom stereocenters. The van der Waals surface area contributed by atoms with Gasteiger partial charge in [-0.15, -0.1) is 0 Å². The molecule has 0 N–H and O–H groups in total. The van der Waals surface area contributed by atoms with Gasteiger partial charge in [0.15, 0.2) is 0 Å². The van der Waals surface area contributed by atoms with E-state index in [1.54, 1.807) is 0 Å². The zero-order valence-electron chi connectivity index (χ0n) is 10.7. The molecule has 0 radical (unpaired) electrons. The third-order valence-corrected chi connectivity index (χ3v) is 3.82. The minimum Gasteiger partial charge on any atom is -0.291 e. The van der Waals surface area contributed by atoms with Crippen molar-refractivity contribution in [2.45, 2.75) is 13.1 Å². The molecule has 2 aromatic carbocycles. The average molecular weight is 270 g/mol. The van der Waals surface area contributed by atoms with Gasteiger partial charge in [-0.3, -0.25) is 4.90 Å². The topological polar surface area (TPSA) is 3.24 Å². The van der Waals surface area contributed by atoms with Crippen LogP contribution in [0.2, 0.25) is 5.02 Å². The Hall–Kier alpha value is -1.57. The highest BCUT2D eigenvalue weighted by Crippen LogP contribution is 2.22. The van der Waals surface area contributed by atoms with Crippen LogP contribution in [0.15, 0.2) is 54.6 Å². The van der Waals surface area contributed by atoms with E-state index in [1.165, 1.54) is 11.1 Å². The third-order valence-electron chi connectivity index (χ3n) is 3.47. The lowest BCUT2D eigenvalue weighted by Crippen LogP contribution is -2.15. The molecule has 0 aliphatic carbocycles. The molecule has 0 spiro atoms. The Kier molecular flexibility index (Phi) is 3.67. The fourth-order valence-electron chi connectivity index (χ4n) is 2.47. The number of benzene rings is 2. The molecule has 1 aliphatic rings. The van der Waals surface area contributed by atoms with Gasteiger partial charge in [0.25, 0.3) is 0 Å². The maximum absolute atomic E-state index is 6.13. The summed E-state index contributed by atoms with van der Waals surface area (Å²) in [6, 6.07) is 16.6. The second kappa shape index (κ2) is 5.60. The van der Waals surface area contributed by atoms with Crippen molar-refractivity contribution in [2.75, 3.05) is 6.54 Å². The van der Waals surface area contributed by atoms with E-state index in [1.807, 2.05) is 24.3 Å². The predicted octanol–water partition coefficient (Wildman–Crippen LogP) is 4.37. The van der Waals surface area contributed by atoms with E-state index in [0.29, 0.717) is 0 Å². The van der Waals surface area contributed by atoms with Gasteiger partial charge in [0, 0.05) is 24.7 Å². The highest BCUT2D eigenvalue weighted by Gasteiger charge is 2.16. The highest BCUT2D eigenvalue weighted by molar-refractivity contribution is 6.32. The molecule has 96 valence electrons. The minimum absolute atomic E-state index is 0.809. The van der Waals surface area contributed by atoms with Crippen LogP contribution < -0.4 is 0 Å². The van der Waals surface area contributed by atoms with Crippen LogP contribution in [-0.4, -0.2) is 11.4 Å². The van der Waals surface area contributed by atoms with Gasteiger partial charge in [-0.25, -0.2) is 0 Å². The average Bonchev–Trinajstić information content (AvgIpc) is 2.83. The maximum Gasteiger partial charge on any atom is 0.0478 e. The molecule has 0 amide bonds. The van der Waals surface area contributed by atoms with Crippen molar-refractivity contribution in [1.82, 2.24) is 4.90 Å². The van der Waals surface area contributed by atoms with Crippen molar-refractivity contribution in [3.8, 4) is 0 Å². The Morgan fingerprint density at radius 3 is 2.26 bits per heavy atom. The van der Waals surface area contributed by atoms with Crippen molar-refractivity contribution >= 4 is 17.7 Å². The molecule has 0 saturated heterocycles. The largest absolute Gasteiger partial charge is 0.291 e. The lowest BCUT2D eigenvalue weighted by molar-refractivity contribution is 0.317. The van der Waals surface area contributed by atoms with Crippen LogP contribution in [0.3, 0.4) is 0 Å². The van der Waals surface area contributed by atoms with E-state index >= 15 is 0 Å². The molecule has 1 aliphatic heterocycles. The second-order valence-electron chi connectivity index (χ2n) is 4.86. The zero-order chi connectivity index (χ0) is 13.1. The molecule has 1 nitrogen and oxygen atoms in total. The normalized spacial score (nSPS) is 15.0. The molecule has 2 aromatic rings. The van der Waals surface area contributed by atoms with Crippen molar-refractivity contribution in [3.05, 3.63) is 76.3 Å². The molecule has 0 atom stereocenters. The third kappa shape index (κ3) is 2.89. The summed E-state index contributed by atoms with van der Waals surface area (Å²) in [6.45, 7) is 3.05. The van der Waals surface area contributed by atoms with E-state index < -0.39 is 0 Å². The summed E-state index contributed by atoms with van der Waals surface area (Å²) in [4.78, 5) is 2.43.